The summed E-state index contributed by atoms with van der Waals surface area (Å²) in [5.74, 6) is 0.394. The highest BCUT2D eigenvalue weighted by atomic mass is 16.3. The molecule has 2 aromatic rings. The third-order valence-electron chi connectivity index (χ3n) is 5.57. The van der Waals surface area contributed by atoms with E-state index in [-0.39, 0.29) is 18.3 Å². The van der Waals surface area contributed by atoms with Crippen molar-refractivity contribution in [3.8, 4) is 11.1 Å². The molecule has 0 bridgehead atoms. The lowest BCUT2D eigenvalue weighted by atomic mass is 9.76. The van der Waals surface area contributed by atoms with Crippen LogP contribution >= 0.6 is 0 Å². The zero-order valence-corrected chi connectivity index (χ0v) is 15.9. The number of hydrogen-bond donors (Lipinski definition) is 2. The molecule has 3 heteroatoms. The Kier molecular flexibility index (Phi) is 5.54. The van der Waals surface area contributed by atoms with Crippen LogP contribution in [0.3, 0.4) is 0 Å². The van der Waals surface area contributed by atoms with Crippen molar-refractivity contribution in [2.24, 2.45) is 0 Å². The average Bonchev–Trinajstić information content (AvgIpc) is 3.00. The molecule has 0 radical (unpaired) electrons. The van der Waals surface area contributed by atoms with Crippen LogP contribution < -0.4 is 5.32 Å². The summed E-state index contributed by atoms with van der Waals surface area (Å²) in [4.78, 5) is 10.5. The first-order chi connectivity index (χ1) is 13.8. The number of carbonyl (C=O) groups is 1. The van der Waals surface area contributed by atoms with Gasteiger partial charge in [-0.1, -0.05) is 54.6 Å². The van der Waals surface area contributed by atoms with Gasteiger partial charge in [0.2, 0.25) is 0 Å². The first-order valence-corrected chi connectivity index (χ1v) is 9.89. The second kappa shape index (κ2) is 8.41. The van der Waals surface area contributed by atoms with Crippen molar-refractivity contribution in [2.75, 3.05) is 13.2 Å². The van der Waals surface area contributed by atoms with Crippen LogP contribution in [0.4, 0.5) is 0 Å². The van der Waals surface area contributed by atoms with Crippen LogP contribution in [-0.4, -0.2) is 24.0 Å². The zero-order chi connectivity index (χ0) is 19.3. The molecule has 1 atom stereocenters. The normalized spacial score (nSPS) is 18.8. The molecular formula is C25H25NO2. The minimum absolute atomic E-state index is 0.120. The molecule has 0 amide bonds. The summed E-state index contributed by atoms with van der Waals surface area (Å²) < 4.78 is 0. The summed E-state index contributed by atoms with van der Waals surface area (Å²) in [7, 11) is 0. The van der Waals surface area contributed by atoms with Gasteiger partial charge in [0.25, 0.3) is 0 Å². The number of aliphatic hydroxyl groups excluding tert-OH is 1. The fourth-order valence-corrected chi connectivity index (χ4v) is 4.24. The van der Waals surface area contributed by atoms with E-state index in [1.165, 1.54) is 33.4 Å². The molecule has 142 valence electrons. The predicted molar refractivity (Wildman–Crippen MR) is 114 cm³/mol. The zero-order valence-electron chi connectivity index (χ0n) is 15.9. The van der Waals surface area contributed by atoms with Crippen molar-refractivity contribution in [3.05, 3.63) is 89.2 Å². The van der Waals surface area contributed by atoms with Crippen molar-refractivity contribution >= 4 is 11.9 Å². The number of aliphatic hydroxyl groups is 1. The Morgan fingerprint density at radius 3 is 2.79 bits per heavy atom. The van der Waals surface area contributed by atoms with E-state index >= 15 is 0 Å². The third-order valence-corrected chi connectivity index (χ3v) is 5.57. The summed E-state index contributed by atoms with van der Waals surface area (Å²) in [6, 6.07) is 13.2. The lowest BCUT2D eigenvalue weighted by Crippen LogP contribution is -2.15. The fourth-order valence-electron chi connectivity index (χ4n) is 4.24. The minimum atomic E-state index is 0.120. The molecule has 0 spiro atoms. The first kappa shape index (κ1) is 18.5. The first-order valence-electron chi connectivity index (χ1n) is 9.89. The molecule has 2 aliphatic carbocycles. The third kappa shape index (κ3) is 3.71. The van der Waals surface area contributed by atoms with Gasteiger partial charge in [0, 0.05) is 5.92 Å². The topological polar surface area (TPSA) is 49.3 Å². The second-order valence-electron chi connectivity index (χ2n) is 7.33. The highest BCUT2D eigenvalue weighted by Gasteiger charge is 2.25. The van der Waals surface area contributed by atoms with E-state index in [9.17, 15) is 9.90 Å². The van der Waals surface area contributed by atoms with Crippen molar-refractivity contribution in [2.45, 2.75) is 25.2 Å². The number of allylic oxidation sites excluding steroid dienone is 3. The number of ketones is 1. The second-order valence-corrected chi connectivity index (χ2v) is 7.33. The summed E-state index contributed by atoms with van der Waals surface area (Å²) in [5.41, 5.74) is 8.36. The van der Waals surface area contributed by atoms with Crippen molar-refractivity contribution in [1.29, 1.82) is 0 Å². The standard InChI is InChI=1S/C19H18O.C6H7NO/c20-12-15-6-3-5-14-9-10-17-16-7-2-1-4-13(16)8-11-18(17)19(14)15;8-6-3-1-2-4-7-5-6/h1-5,7,9-10,15,20H,6,8,11-12H2;1-4,7H,5H2. The van der Waals surface area contributed by atoms with E-state index < -0.39 is 0 Å². The van der Waals surface area contributed by atoms with Gasteiger partial charge in [-0.05, 0) is 71.0 Å². The van der Waals surface area contributed by atoms with Crippen molar-refractivity contribution < 1.29 is 9.90 Å². The molecule has 0 fully saturated rings. The Labute approximate surface area is 166 Å². The molecule has 1 heterocycles. The van der Waals surface area contributed by atoms with Crippen molar-refractivity contribution in [1.82, 2.24) is 5.32 Å². The Morgan fingerprint density at radius 2 is 1.89 bits per heavy atom. The van der Waals surface area contributed by atoms with Gasteiger partial charge in [-0.25, -0.2) is 0 Å². The van der Waals surface area contributed by atoms with Crippen LogP contribution in [0.2, 0.25) is 0 Å². The quantitative estimate of drug-likeness (QED) is 0.791. The average molecular weight is 371 g/mol. The molecule has 5 rings (SSSR count). The lowest BCUT2D eigenvalue weighted by Gasteiger charge is -2.29. The molecule has 0 saturated carbocycles. The largest absolute Gasteiger partial charge is 0.396 e. The van der Waals surface area contributed by atoms with E-state index in [1.54, 1.807) is 24.4 Å². The van der Waals surface area contributed by atoms with E-state index in [0.717, 1.165) is 19.3 Å². The molecule has 1 aliphatic heterocycles. The Morgan fingerprint density at radius 1 is 1.00 bits per heavy atom. The predicted octanol–water partition coefficient (Wildman–Crippen LogP) is 4.17. The van der Waals surface area contributed by atoms with Gasteiger partial charge >= 0.3 is 0 Å². The summed E-state index contributed by atoms with van der Waals surface area (Å²) in [5, 5.41) is 12.5. The van der Waals surface area contributed by atoms with Gasteiger partial charge in [-0.2, -0.15) is 0 Å². The number of aryl methyl sites for hydroxylation is 1. The van der Waals surface area contributed by atoms with E-state index in [0.29, 0.717) is 6.54 Å². The SMILES string of the molecule is O=C1C=CC=CNC1.OCC1CC=Cc2ccc3c(c21)CCc1ccccc1-3. The number of benzene rings is 2. The highest BCUT2D eigenvalue weighted by Crippen LogP contribution is 2.41. The Bertz CT molecular complexity index is 969. The Balaban J connectivity index is 0.000000203. The number of carbonyl (C=O) groups excluding carboxylic acids is 1. The van der Waals surface area contributed by atoms with Crippen LogP contribution in [-0.2, 0) is 17.6 Å². The van der Waals surface area contributed by atoms with Crippen LogP contribution in [0.5, 0.6) is 0 Å². The van der Waals surface area contributed by atoms with E-state index in [4.69, 9.17) is 0 Å². The van der Waals surface area contributed by atoms with Crippen LogP contribution in [0.1, 0.15) is 34.6 Å². The summed E-state index contributed by atoms with van der Waals surface area (Å²) in [6.45, 7) is 0.669. The van der Waals surface area contributed by atoms with Crippen LogP contribution in [0, 0.1) is 0 Å². The molecule has 2 aromatic carbocycles. The summed E-state index contributed by atoms with van der Waals surface area (Å²) >= 11 is 0. The van der Waals surface area contributed by atoms with Gasteiger partial charge in [-0.15, -0.1) is 0 Å². The fraction of sp³-hybridized carbons (Fsp3) is 0.240. The monoisotopic (exact) mass is 371 g/mol. The maximum Gasteiger partial charge on any atom is 0.174 e. The van der Waals surface area contributed by atoms with E-state index in [2.05, 4.69) is 53.9 Å². The molecule has 28 heavy (non-hydrogen) atoms. The molecule has 0 aromatic heterocycles. The smallest absolute Gasteiger partial charge is 0.174 e. The molecule has 0 saturated heterocycles. The van der Waals surface area contributed by atoms with Gasteiger partial charge in [-0.3, -0.25) is 4.79 Å². The molecule has 2 N–H and O–H groups in total. The number of nitrogens with one attached hydrogen (secondary N) is 1. The minimum Gasteiger partial charge on any atom is -0.396 e. The summed E-state index contributed by atoms with van der Waals surface area (Å²) in [6.07, 6.45) is 14.4. The van der Waals surface area contributed by atoms with Gasteiger partial charge in [0.1, 0.15) is 0 Å². The van der Waals surface area contributed by atoms with E-state index in [1.807, 2.05) is 0 Å². The van der Waals surface area contributed by atoms with Gasteiger partial charge < -0.3 is 10.4 Å². The maximum absolute atomic E-state index is 10.5. The van der Waals surface area contributed by atoms with Crippen LogP contribution in [0.15, 0.2) is 66.9 Å². The Hall–Kier alpha value is -2.91. The number of rotatable bonds is 1. The maximum atomic E-state index is 10.5. The van der Waals surface area contributed by atoms with Crippen molar-refractivity contribution in [3.63, 3.8) is 0 Å². The molecule has 1 unspecified atom stereocenters. The lowest BCUT2D eigenvalue weighted by molar-refractivity contribution is -0.113. The van der Waals surface area contributed by atoms with Gasteiger partial charge in [0.05, 0.1) is 13.2 Å². The molecule has 3 nitrogen and oxygen atoms in total. The number of hydrogen-bond acceptors (Lipinski definition) is 3. The molecule has 3 aliphatic rings. The number of fused-ring (bicyclic) bond motifs is 5. The highest BCUT2D eigenvalue weighted by molar-refractivity contribution is 5.92. The van der Waals surface area contributed by atoms with Gasteiger partial charge in [0.15, 0.2) is 5.78 Å². The van der Waals surface area contributed by atoms with Crippen LogP contribution in [0.25, 0.3) is 17.2 Å². The molecular weight excluding hydrogens is 346 g/mol.